The van der Waals surface area contributed by atoms with Crippen molar-refractivity contribution in [3.05, 3.63) is 17.7 Å². The fraction of sp³-hybridized carbons (Fsp3) is 0.462. The van der Waals surface area contributed by atoms with E-state index in [9.17, 15) is 4.79 Å². The van der Waals surface area contributed by atoms with Crippen LogP contribution in [0.15, 0.2) is 12.1 Å². The van der Waals surface area contributed by atoms with E-state index in [2.05, 4.69) is 0 Å². The second-order valence-corrected chi connectivity index (χ2v) is 4.86. The van der Waals surface area contributed by atoms with Gasteiger partial charge in [0.1, 0.15) is 0 Å². The maximum absolute atomic E-state index is 11.2. The molecule has 1 heterocycles. The summed E-state index contributed by atoms with van der Waals surface area (Å²) in [6.45, 7) is 3.52. The van der Waals surface area contributed by atoms with Gasteiger partial charge in [-0.25, -0.2) is 0 Å². The first-order valence-electron chi connectivity index (χ1n) is 5.64. The van der Waals surface area contributed by atoms with Crippen LogP contribution in [0.2, 0.25) is 0 Å². The lowest BCUT2D eigenvalue weighted by Gasteiger charge is -2.21. The van der Waals surface area contributed by atoms with Gasteiger partial charge in [-0.15, -0.1) is 0 Å². The minimum atomic E-state index is -0.860. The lowest BCUT2D eigenvalue weighted by atomic mass is 9.85. The van der Waals surface area contributed by atoms with Crippen LogP contribution >= 0.6 is 0 Å². The third-order valence-corrected chi connectivity index (χ3v) is 2.99. The zero-order valence-corrected chi connectivity index (χ0v) is 10.6. The molecule has 1 N–H and O–H groups in total. The molecule has 0 saturated heterocycles. The van der Waals surface area contributed by atoms with Crippen LogP contribution in [0.3, 0.4) is 0 Å². The van der Waals surface area contributed by atoms with E-state index in [1.165, 1.54) is 7.11 Å². The van der Waals surface area contributed by atoms with Crippen LogP contribution in [0.4, 0.5) is 0 Å². The number of fused-ring (bicyclic) bond motifs is 1. The number of carboxylic acid groups (broad SMARTS) is 1. The van der Waals surface area contributed by atoms with Crippen molar-refractivity contribution in [2.45, 2.75) is 20.3 Å². The van der Waals surface area contributed by atoms with E-state index in [-0.39, 0.29) is 6.79 Å². The highest BCUT2D eigenvalue weighted by atomic mass is 16.7. The fourth-order valence-electron chi connectivity index (χ4n) is 1.90. The fourth-order valence-corrected chi connectivity index (χ4v) is 1.90. The summed E-state index contributed by atoms with van der Waals surface area (Å²) in [5, 5.41) is 9.16. The molecule has 5 heteroatoms. The van der Waals surface area contributed by atoms with Gasteiger partial charge in [-0.3, -0.25) is 4.79 Å². The van der Waals surface area contributed by atoms with Gasteiger partial charge in [0, 0.05) is 0 Å². The van der Waals surface area contributed by atoms with Crippen LogP contribution in [0.25, 0.3) is 0 Å². The van der Waals surface area contributed by atoms with E-state index in [0.717, 1.165) is 5.56 Å². The predicted molar refractivity (Wildman–Crippen MR) is 64.2 cm³/mol. The van der Waals surface area contributed by atoms with Crippen molar-refractivity contribution in [1.29, 1.82) is 0 Å². The number of methoxy groups -OCH3 is 1. The Balaban J connectivity index is 2.37. The highest BCUT2D eigenvalue weighted by molar-refractivity contribution is 5.74. The van der Waals surface area contributed by atoms with Gasteiger partial charge in [0.2, 0.25) is 12.5 Å². The molecule has 0 unspecified atom stereocenters. The Morgan fingerprint density at radius 3 is 2.78 bits per heavy atom. The Hall–Kier alpha value is -1.91. The lowest BCUT2D eigenvalue weighted by molar-refractivity contribution is -0.146. The Labute approximate surface area is 105 Å². The van der Waals surface area contributed by atoms with Gasteiger partial charge in [0.25, 0.3) is 0 Å². The van der Waals surface area contributed by atoms with Crippen molar-refractivity contribution >= 4 is 5.97 Å². The van der Waals surface area contributed by atoms with E-state index >= 15 is 0 Å². The summed E-state index contributed by atoms with van der Waals surface area (Å²) in [6, 6.07) is 3.59. The SMILES string of the molecule is COc1c(CC(C)(C)C(=O)O)ccc2c1OCO2. The molecule has 1 aromatic carbocycles. The van der Waals surface area contributed by atoms with E-state index in [0.29, 0.717) is 23.7 Å². The standard InChI is InChI=1S/C13H16O5/c1-13(2,12(14)15)6-8-4-5-9-11(10(8)16-3)18-7-17-9/h4-5H,6-7H2,1-3H3,(H,14,15). The minimum absolute atomic E-state index is 0.164. The van der Waals surface area contributed by atoms with Gasteiger partial charge in [-0.2, -0.15) is 0 Å². The lowest BCUT2D eigenvalue weighted by Crippen LogP contribution is -2.26. The Morgan fingerprint density at radius 1 is 1.44 bits per heavy atom. The molecule has 1 aliphatic heterocycles. The summed E-state index contributed by atoms with van der Waals surface area (Å²) in [4.78, 5) is 11.2. The average Bonchev–Trinajstić information content (AvgIpc) is 2.76. The van der Waals surface area contributed by atoms with Crippen molar-refractivity contribution in [2.24, 2.45) is 5.41 Å². The Morgan fingerprint density at radius 2 is 2.17 bits per heavy atom. The van der Waals surface area contributed by atoms with Gasteiger partial charge in [0.15, 0.2) is 11.5 Å². The van der Waals surface area contributed by atoms with Crippen LogP contribution in [-0.2, 0) is 11.2 Å². The molecule has 0 amide bonds. The molecule has 0 aliphatic carbocycles. The molecule has 0 fully saturated rings. The number of hydrogen-bond acceptors (Lipinski definition) is 4. The van der Waals surface area contributed by atoms with Crippen LogP contribution in [0.1, 0.15) is 19.4 Å². The van der Waals surface area contributed by atoms with Gasteiger partial charge in [0.05, 0.1) is 12.5 Å². The van der Waals surface area contributed by atoms with Gasteiger partial charge < -0.3 is 19.3 Å². The maximum atomic E-state index is 11.2. The first-order valence-corrected chi connectivity index (χ1v) is 5.64. The summed E-state index contributed by atoms with van der Waals surface area (Å²) in [5.74, 6) is 0.890. The molecule has 1 aromatic rings. The van der Waals surface area contributed by atoms with E-state index in [1.807, 2.05) is 6.07 Å². The second kappa shape index (κ2) is 4.40. The molecule has 2 rings (SSSR count). The van der Waals surface area contributed by atoms with Crippen molar-refractivity contribution in [3.63, 3.8) is 0 Å². The number of ether oxygens (including phenoxy) is 3. The summed E-state index contributed by atoms with van der Waals surface area (Å²) >= 11 is 0. The van der Waals surface area contributed by atoms with Crippen LogP contribution in [0.5, 0.6) is 17.2 Å². The van der Waals surface area contributed by atoms with Crippen LogP contribution < -0.4 is 14.2 Å². The molecule has 98 valence electrons. The van der Waals surface area contributed by atoms with E-state index < -0.39 is 11.4 Å². The molecule has 0 atom stereocenters. The summed E-state index contributed by atoms with van der Waals surface area (Å²) in [6.07, 6.45) is 0.363. The van der Waals surface area contributed by atoms with Crippen molar-refractivity contribution < 1.29 is 24.1 Å². The maximum Gasteiger partial charge on any atom is 0.309 e. The largest absolute Gasteiger partial charge is 0.492 e. The van der Waals surface area contributed by atoms with Gasteiger partial charge in [-0.05, 0) is 31.9 Å². The summed E-state index contributed by atoms with van der Waals surface area (Å²) in [5.41, 5.74) is -0.0600. The Bertz CT molecular complexity index is 479. The molecule has 18 heavy (non-hydrogen) atoms. The molecule has 5 nitrogen and oxygen atoms in total. The molecule has 0 saturated carbocycles. The number of rotatable bonds is 4. The second-order valence-electron chi connectivity index (χ2n) is 4.86. The van der Waals surface area contributed by atoms with Crippen LogP contribution in [-0.4, -0.2) is 25.0 Å². The topological polar surface area (TPSA) is 65.0 Å². The zero-order valence-electron chi connectivity index (χ0n) is 10.6. The third kappa shape index (κ3) is 2.08. The number of carbonyl (C=O) groups is 1. The monoisotopic (exact) mass is 252 g/mol. The highest BCUT2D eigenvalue weighted by Gasteiger charge is 2.31. The molecule has 0 spiro atoms. The zero-order chi connectivity index (χ0) is 13.3. The molecule has 0 aromatic heterocycles. The smallest absolute Gasteiger partial charge is 0.309 e. The number of hydrogen-bond donors (Lipinski definition) is 1. The van der Waals surface area contributed by atoms with Crippen molar-refractivity contribution in [1.82, 2.24) is 0 Å². The van der Waals surface area contributed by atoms with E-state index in [1.54, 1.807) is 19.9 Å². The molecular formula is C13H16O5. The average molecular weight is 252 g/mol. The molecular weight excluding hydrogens is 236 g/mol. The Kier molecular flexibility index (Phi) is 3.07. The summed E-state index contributed by atoms with van der Waals surface area (Å²) in [7, 11) is 1.54. The number of carboxylic acids is 1. The van der Waals surface area contributed by atoms with Crippen molar-refractivity contribution in [3.8, 4) is 17.2 Å². The summed E-state index contributed by atoms with van der Waals surface area (Å²) < 4.78 is 15.9. The quantitative estimate of drug-likeness (QED) is 0.888. The van der Waals surface area contributed by atoms with Gasteiger partial charge in [-0.1, -0.05) is 6.07 Å². The minimum Gasteiger partial charge on any atom is -0.492 e. The first-order chi connectivity index (χ1) is 8.45. The molecule has 0 bridgehead atoms. The highest BCUT2D eigenvalue weighted by Crippen LogP contribution is 2.44. The molecule has 0 radical (unpaired) electrons. The number of benzene rings is 1. The van der Waals surface area contributed by atoms with E-state index in [4.69, 9.17) is 19.3 Å². The normalized spacial score (nSPS) is 13.5. The third-order valence-electron chi connectivity index (χ3n) is 2.99. The van der Waals surface area contributed by atoms with Crippen molar-refractivity contribution in [2.75, 3.05) is 13.9 Å². The predicted octanol–water partition coefficient (Wildman–Crippen LogP) is 2.08. The number of aliphatic carboxylic acids is 1. The first kappa shape index (κ1) is 12.5. The van der Waals surface area contributed by atoms with Crippen LogP contribution in [0, 0.1) is 5.41 Å². The van der Waals surface area contributed by atoms with Gasteiger partial charge >= 0.3 is 5.97 Å². The molecule has 1 aliphatic rings.